The standard InChI is InChI=1S/C50H72O2/c1-37(19-15-21-39(3)25-33-47-43(7)27-31-45(49(47,9)10)29-23-41(5)35-51)17-13-14-18-38(2)20-16-22-40(4)26-34-48-44(8)28-32-46(50(48,11)12)30-24-42(6)36-52/h13-26,33-34,45-46,51-52H,27-32,35-36H2,1-12H3. The first-order valence-electron chi connectivity index (χ1n) is 19.5. The molecule has 2 N–H and O–H groups in total. The van der Waals surface area contributed by atoms with Crippen molar-refractivity contribution < 1.29 is 10.2 Å². The molecule has 0 saturated heterocycles. The molecule has 52 heavy (non-hydrogen) atoms. The van der Waals surface area contributed by atoms with E-state index in [1.807, 2.05) is 13.8 Å². The lowest BCUT2D eigenvalue weighted by molar-refractivity contribution is 0.235. The van der Waals surface area contributed by atoms with E-state index in [1.54, 1.807) is 0 Å². The van der Waals surface area contributed by atoms with Crippen molar-refractivity contribution in [3.05, 3.63) is 153 Å². The molecule has 0 aromatic carbocycles. The van der Waals surface area contributed by atoms with Crippen molar-refractivity contribution in [2.24, 2.45) is 22.7 Å². The minimum Gasteiger partial charge on any atom is -0.392 e. The molecule has 2 heteroatoms. The monoisotopic (exact) mass is 705 g/mol. The Kier molecular flexibility index (Phi) is 18.8. The van der Waals surface area contributed by atoms with E-state index in [2.05, 4.69) is 166 Å². The van der Waals surface area contributed by atoms with Gasteiger partial charge < -0.3 is 10.2 Å². The number of aliphatic hydroxyl groups excluding tert-OH is 2. The first kappa shape index (κ1) is 44.7. The Bertz CT molecular complexity index is 1490. The predicted molar refractivity (Wildman–Crippen MR) is 230 cm³/mol. The van der Waals surface area contributed by atoms with E-state index in [0.717, 1.165) is 36.8 Å². The Labute approximate surface area is 319 Å². The quantitative estimate of drug-likeness (QED) is 0.124. The Hall–Kier alpha value is -3.46. The summed E-state index contributed by atoms with van der Waals surface area (Å²) in [7, 11) is 0. The molecule has 284 valence electrons. The molecule has 0 saturated carbocycles. The Morgan fingerprint density at radius 1 is 0.538 bits per heavy atom. The van der Waals surface area contributed by atoms with E-state index in [-0.39, 0.29) is 24.0 Å². The number of hydrogen-bond acceptors (Lipinski definition) is 2. The van der Waals surface area contributed by atoms with Crippen LogP contribution >= 0.6 is 0 Å². The van der Waals surface area contributed by atoms with Gasteiger partial charge in [0, 0.05) is 0 Å². The number of hydrogen-bond donors (Lipinski definition) is 2. The molecule has 0 spiro atoms. The van der Waals surface area contributed by atoms with Crippen LogP contribution in [0, 0.1) is 22.7 Å². The molecule has 2 atom stereocenters. The van der Waals surface area contributed by atoms with E-state index >= 15 is 0 Å². The summed E-state index contributed by atoms with van der Waals surface area (Å²) in [5.41, 5.74) is 13.1. The lowest BCUT2D eigenvalue weighted by Gasteiger charge is -2.41. The summed E-state index contributed by atoms with van der Waals surface area (Å²) in [4.78, 5) is 0. The zero-order valence-electron chi connectivity index (χ0n) is 34.9. The highest BCUT2D eigenvalue weighted by Gasteiger charge is 2.36. The highest BCUT2D eigenvalue weighted by atomic mass is 16.3. The van der Waals surface area contributed by atoms with Gasteiger partial charge in [0.15, 0.2) is 0 Å². The Morgan fingerprint density at radius 2 is 0.865 bits per heavy atom. The average molecular weight is 705 g/mol. The molecule has 2 unspecified atom stereocenters. The smallest absolute Gasteiger partial charge is 0.0639 e. The second-order valence-electron chi connectivity index (χ2n) is 16.6. The highest BCUT2D eigenvalue weighted by molar-refractivity contribution is 5.40. The summed E-state index contributed by atoms with van der Waals surface area (Å²) in [5.74, 6) is 1.16. The van der Waals surface area contributed by atoms with Crippen LogP contribution in [0.5, 0.6) is 0 Å². The van der Waals surface area contributed by atoms with Gasteiger partial charge in [-0.25, -0.2) is 0 Å². The first-order chi connectivity index (χ1) is 24.5. The number of allylic oxidation sites excluding steroid dienone is 24. The van der Waals surface area contributed by atoms with Crippen LogP contribution in [0.25, 0.3) is 0 Å². The molecule has 2 rings (SSSR count). The lowest BCUT2D eigenvalue weighted by atomic mass is 9.64. The van der Waals surface area contributed by atoms with E-state index < -0.39 is 0 Å². The fourth-order valence-corrected chi connectivity index (χ4v) is 7.44. The van der Waals surface area contributed by atoms with Crippen molar-refractivity contribution in [2.45, 2.75) is 122 Å². The molecule has 0 bridgehead atoms. The number of aliphatic hydroxyl groups is 2. The van der Waals surface area contributed by atoms with Gasteiger partial charge in [-0.15, -0.1) is 0 Å². The van der Waals surface area contributed by atoms with Crippen LogP contribution in [-0.2, 0) is 0 Å². The van der Waals surface area contributed by atoms with Gasteiger partial charge in [-0.05, 0) is 128 Å². The summed E-state index contributed by atoms with van der Waals surface area (Å²) in [5, 5.41) is 18.8. The van der Waals surface area contributed by atoms with Crippen LogP contribution in [0.1, 0.15) is 122 Å². The maximum absolute atomic E-state index is 9.41. The van der Waals surface area contributed by atoms with Gasteiger partial charge in [-0.3, -0.25) is 0 Å². The topological polar surface area (TPSA) is 40.5 Å². The van der Waals surface area contributed by atoms with Crippen LogP contribution in [0.4, 0.5) is 0 Å². The third-order valence-electron chi connectivity index (χ3n) is 11.4. The Balaban J connectivity index is 1.96. The van der Waals surface area contributed by atoms with Gasteiger partial charge in [0.25, 0.3) is 0 Å². The van der Waals surface area contributed by atoms with E-state index in [4.69, 9.17) is 0 Å². The summed E-state index contributed by atoms with van der Waals surface area (Å²) in [6, 6.07) is 0. The lowest BCUT2D eigenvalue weighted by Crippen LogP contribution is -2.30. The van der Waals surface area contributed by atoms with Gasteiger partial charge in [-0.1, -0.05) is 169 Å². The average Bonchev–Trinajstić information content (AvgIpc) is 3.08. The first-order valence-corrected chi connectivity index (χ1v) is 19.5. The minimum absolute atomic E-state index is 0.107. The van der Waals surface area contributed by atoms with E-state index in [9.17, 15) is 10.2 Å². The van der Waals surface area contributed by atoms with Gasteiger partial charge in [0.2, 0.25) is 0 Å². The van der Waals surface area contributed by atoms with E-state index in [1.165, 1.54) is 57.4 Å². The third-order valence-corrected chi connectivity index (χ3v) is 11.4. The van der Waals surface area contributed by atoms with Crippen LogP contribution in [-0.4, -0.2) is 23.4 Å². The molecule has 0 fully saturated rings. The fraction of sp³-hybridized carbons (Fsp3) is 0.480. The third kappa shape index (κ3) is 14.5. The molecular formula is C50H72O2. The van der Waals surface area contributed by atoms with Gasteiger partial charge in [0.05, 0.1) is 13.2 Å². The van der Waals surface area contributed by atoms with Crippen molar-refractivity contribution >= 4 is 0 Å². The van der Waals surface area contributed by atoms with Crippen molar-refractivity contribution in [1.82, 2.24) is 0 Å². The molecule has 2 nitrogen and oxygen atoms in total. The second-order valence-corrected chi connectivity index (χ2v) is 16.6. The molecule has 0 heterocycles. The van der Waals surface area contributed by atoms with Gasteiger partial charge in [0.1, 0.15) is 0 Å². The van der Waals surface area contributed by atoms with Crippen LogP contribution in [0.2, 0.25) is 0 Å². The maximum atomic E-state index is 9.41. The maximum Gasteiger partial charge on any atom is 0.0639 e. The molecule has 0 aliphatic heterocycles. The second kappa shape index (κ2) is 21.9. The largest absolute Gasteiger partial charge is 0.392 e. The van der Waals surface area contributed by atoms with Gasteiger partial charge in [-0.2, -0.15) is 0 Å². The van der Waals surface area contributed by atoms with Crippen molar-refractivity contribution in [3.8, 4) is 0 Å². The summed E-state index contributed by atoms with van der Waals surface area (Å²) < 4.78 is 0. The molecule has 2 aliphatic rings. The summed E-state index contributed by atoms with van der Waals surface area (Å²) in [6.45, 7) is 27.0. The fourth-order valence-electron chi connectivity index (χ4n) is 7.44. The molecule has 0 aromatic rings. The van der Waals surface area contributed by atoms with Crippen LogP contribution < -0.4 is 0 Å². The molecular weight excluding hydrogens is 633 g/mol. The number of rotatable bonds is 16. The Morgan fingerprint density at radius 3 is 1.21 bits per heavy atom. The highest BCUT2D eigenvalue weighted by Crippen LogP contribution is 2.48. The van der Waals surface area contributed by atoms with E-state index in [0.29, 0.717) is 11.8 Å². The summed E-state index contributed by atoms with van der Waals surface area (Å²) in [6.07, 6.45) is 41.8. The summed E-state index contributed by atoms with van der Waals surface area (Å²) >= 11 is 0. The van der Waals surface area contributed by atoms with Gasteiger partial charge >= 0.3 is 0 Å². The molecule has 0 amide bonds. The molecule has 0 aromatic heterocycles. The SMILES string of the molecule is CC(C=CC=C(C)C=CC1=C(C)CCC(CC=C(C)CO)C1(C)C)=CC=CC=C(C)C=CC=C(C)C=CC1=C(C)CCC(CC=C(C)CO)C1(C)C. The predicted octanol–water partition coefficient (Wildman–Crippen LogP) is 13.7. The molecule has 0 radical (unpaired) electrons. The van der Waals surface area contributed by atoms with Crippen molar-refractivity contribution in [1.29, 1.82) is 0 Å². The zero-order chi connectivity index (χ0) is 38.9. The van der Waals surface area contributed by atoms with Crippen molar-refractivity contribution in [2.75, 3.05) is 13.2 Å². The van der Waals surface area contributed by atoms with Crippen LogP contribution in [0.15, 0.2) is 153 Å². The molecule has 2 aliphatic carbocycles. The zero-order valence-corrected chi connectivity index (χ0v) is 34.9. The normalized spacial score (nSPS) is 23.3. The van der Waals surface area contributed by atoms with Crippen LogP contribution in [0.3, 0.4) is 0 Å². The van der Waals surface area contributed by atoms with Crippen molar-refractivity contribution in [3.63, 3.8) is 0 Å². The minimum atomic E-state index is 0.107.